The van der Waals surface area contributed by atoms with Crippen molar-refractivity contribution in [2.45, 2.75) is 25.1 Å². The van der Waals surface area contributed by atoms with Crippen molar-refractivity contribution in [3.05, 3.63) is 30.1 Å². The fraction of sp³-hybridized carbons (Fsp3) is 0.455. The Labute approximate surface area is 87.9 Å². The number of ether oxygens (including phenoxy) is 1. The first-order chi connectivity index (χ1) is 7.33. The molecule has 4 nitrogen and oxygen atoms in total. The van der Waals surface area contributed by atoms with Gasteiger partial charge in [0.2, 0.25) is 0 Å². The molecule has 0 radical (unpaired) electrons. The predicted molar refractivity (Wildman–Crippen MR) is 52.9 cm³/mol. The molecule has 3 heterocycles. The molecular formula is C11H12N2O2. The van der Waals surface area contributed by atoms with Gasteiger partial charge in [-0.15, -0.1) is 0 Å². The second-order valence-electron chi connectivity index (χ2n) is 4.10. The van der Waals surface area contributed by atoms with E-state index in [9.17, 15) is 4.79 Å². The van der Waals surface area contributed by atoms with E-state index in [1.807, 2.05) is 18.3 Å². The minimum absolute atomic E-state index is 0.0183. The lowest BCUT2D eigenvalue weighted by Gasteiger charge is -2.25. The Hall–Kier alpha value is -1.42. The number of hydrogen-bond acceptors (Lipinski definition) is 4. The molecule has 0 amide bonds. The van der Waals surface area contributed by atoms with Crippen LogP contribution in [0.4, 0.5) is 0 Å². The largest absolute Gasteiger partial charge is 0.460 e. The van der Waals surface area contributed by atoms with E-state index >= 15 is 0 Å². The first-order valence-corrected chi connectivity index (χ1v) is 5.16. The zero-order valence-corrected chi connectivity index (χ0v) is 8.30. The fourth-order valence-electron chi connectivity index (χ4n) is 2.34. The maximum absolute atomic E-state index is 11.4. The summed E-state index contributed by atoms with van der Waals surface area (Å²) in [6, 6.07) is 3.93. The van der Waals surface area contributed by atoms with Crippen LogP contribution in [-0.4, -0.2) is 34.5 Å². The van der Waals surface area contributed by atoms with Crippen LogP contribution in [0.5, 0.6) is 0 Å². The minimum Gasteiger partial charge on any atom is -0.460 e. The number of morpholine rings is 1. The fourth-order valence-corrected chi connectivity index (χ4v) is 2.34. The first kappa shape index (κ1) is 8.85. The molecule has 0 N–H and O–H groups in total. The van der Waals surface area contributed by atoms with Gasteiger partial charge in [0.25, 0.3) is 0 Å². The highest BCUT2D eigenvalue weighted by molar-refractivity contribution is 5.79. The van der Waals surface area contributed by atoms with E-state index in [0.29, 0.717) is 0 Å². The summed E-state index contributed by atoms with van der Waals surface area (Å²) in [5.74, 6) is -0.0601. The summed E-state index contributed by atoms with van der Waals surface area (Å²) in [6.07, 6.45) is 4.59. The van der Waals surface area contributed by atoms with Crippen LogP contribution >= 0.6 is 0 Å². The van der Waals surface area contributed by atoms with Gasteiger partial charge in [-0.2, -0.15) is 0 Å². The highest BCUT2D eigenvalue weighted by atomic mass is 16.6. The van der Waals surface area contributed by atoms with Crippen molar-refractivity contribution in [2.75, 3.05) is 6.54 Å². The molecule has 0 unspecified atom stereocenters. The van der Waals surface area contributed by atoms with Crippen LogP contribution in [0.3, 0.4) is 0 Å². The van der Waals surface area contributed by atoms with Gasteiger partial charge in [0, 0.05) is 31.9 Å². The zero-order chi connectivity index (χ0) is 10.3. The van der Waals surface area contributed by atoms with E-state index in [4.69, 9.17) is 4.74 Å². The summed E-state index contributed by atoms with van der Waals surface area (Å²) >= 11 is 0. The molecule has 15 heavy (non-hydrogen) atoms. The van der Waals surface area contributed by atoms with Gasteiger partial charge < -0.3 is 4.74 Å². The number of nitrogens with zero attached hydrogens (tertiary/aromatic N) is 2. The molecule has 2 aliphatic heterocycles. The van der Waals surface area contributed by atoms with Crippen LogP contribution in [0.1, 0.15) is 12.0 Å². The van der Waals surface area contributed by atoms with Crippen molar-refractivity contribution < 1.29 is 9.53 Å². The first-order valence-electron chi connectivity index (χ1n) is 5.16. The molecule has 2 aliphatic rings. The van der Waals surface area contributed by atoms with E-state index < -0.39 is 0 Å². The number of aromatic nitrogens is 1. The number of carbonyl (C=O) groups is 1. The highest BCUT2D eigenvalue weighted by Gasteiger charge is 2.46. The van der Waals surface area contributed by atoms with Crippen molar-refractivity contribution in [1.29, 1.82) is 0 Å². The molecular weight excluding hydrogens is 192 g/mol. The van der Waals surface area contributed by atoms with Gasteiger partial charge in [-0.3, -0.25) is 14.7 Å². The molecule has 0 saturated carbocycles. The van der Waals surface area contributed by atoms with Gasteiger partial charge in [-0.05, 0) is 11.6 Å². The smallest absolute Gasteiger partial charge is 0.323 e. The average Bonchev–Trinajstić information content (AvgIpc) is 2.77. The molecule has 1 aromatic rings. The van der Waals surface area contributed by atoms with Crippen molar-refractivity contribution in [3.63, 3.8) is 0 Å². The summed E-state index contributed by atoms with van der Waals surface area (Å²) in [7, 11) is 0. The third-order valence-electron chi connectivity index (χ3n) is 3.03. The van der Waals surface area contributed by atoms with Gasteiger partial charge in [0.15, 0.2) is 0 Å². The van der Waals surface area contributed by atoms with E-state index in [1.54, 1.807) is 6.20 Å². The van der Waals surface area contributed by atoms with Crippen molar-refractivity contribution in [2.24, 2.45) is 0 Å². The maximum atomic E-state index is 11.4. The monoisotopic (exact) mass is 204 g/mol. The van der Waals surface area contributed by atoms with Gasteiger partial charge in [-0.1, -0.05) is 6.07 Å². The van der Waals surface area contributed by atoms with Gasteiger partial charge >= 0.3 is 5.97 Å². The summed E-state index contributed by atoms with van der Waals surface area (Å²) in [6.45, 7) is 1.66. The van der Waals surface area contributed by atoms with E-state index in [0.717, 1.165) is 25.1 Å². The number of rotatable bonds is 2. The van der Waals surface area contributed by atoms with Crippen molar-refractivity contribution in [3.8, 4) is 0 Å². The molecule has 2 fully saturated rings. The Bertz CT molecular complexity index is 379. The quantitative estimate of drug-likeness (QED) is 0.661. The molecule has 4 heteroatoms. The maximum Gasteiger partial charge on any atom is 0.323 e. The Balaban J connectivity index is 1.73. The van der Waals surface area contributed by atoms with Crippen LogP contribution in [0, 0.1) is 0 Å². The molecule has 2 bridgehead atoms. The molecule has 2 saturated heterocycles. The molecule has 78 valence electrons. The van der Waals surface area contributed by atoms with Crippen LogP contribution in [0.15, 0.2) is 24.5 Å². The Morgan fingerprint density at radius 1 is 1.60 bits per heavy atom. The summed E-state index contributed by atoms with van der Waals surface area (Å²) in [5, 5.41) is 0. The number of hydrogen-bond donors (Lipinski definition) is 0. The highest BCUT2D eigenvalue weighted by Crippen LogP contribution is 2.29. The lowest BCUT2D eigenvalue weighted by atomic mass is 10.2. The molecule has 0 aromatic carbocycles. The van der Waals surface area contributed by atoms with Gasteiger partial charge in [-0.25, -0.2) is 0 Å². The molecule has 2 atom stereocenters. The van der Waals surface area contributed by atoms with Crippen LogP contribution in [-0.2, 0) is 16.1 Å². The van der Waals surface area contributed by atoms with Crippen molar-refractivity contribution >= 4 is 5.97 Å². The third-order valence-corrected chi connectivity index (χ3v) is 3.03. The minimum atomic E-state index is -0.0601. The van der Waals surface area contributed by atoms with Gasteiger partial charge in [0.1, 0.15) is 12.1 Å². The zero-order valence-electron chi connectivity index (χ0n) is 8.30. The van der Waals surface area contributed by atoms with Crippen LogP contribution in [0.25, 0.3) is 0 Å². The molecule has 3 rings (SSSR count). The summed E-state index contributed by atoms with van der Waals surface area (Å²) in [5.41, 5.74) is 1.15. The van der Waals surface area contributed by atoms with Crippen molar-refractivity contribution in [1.82, 2.24) is 9.88 Å². The number of esters is 1. The second kappa shape index (κ2) is 3.31. The Morgan fingerprint density at radius 2 is 2.53 bits per heavy atom. The Kier molecular flexibility index (Phi) is 1.95. The standard InChI is InChI=1S/C11H12N2O2/c14-11-10-4-9(15-11)7-13(10)6-8-2-1-3-12-5-8/h1-3,5,9-10H,4,6-7H2/t9-,10-/m0/s1. The number of carbonyl (C=O) groups excluding carboxylic acids is 1. The summed E-state index contributed by atoms with van der Waals surface area (Å²) in [4.78, 5) is 17.6. The second-order valence-corrected chi connectivity index (χ2v) is 4.10. The number of pyridine rings is 1. The Morgan fingerprint density at radius 3 is 3.20 bits per heavy atom. The molecule has 0 spiro atoms. The lowest BCUT2D eigenvalue weighted by molar-refractivity contribution is -0.151. The van der Waals surface area contributed by atoms with Gasteiger partial charge in [0.05, 0.1) is 0 Å². The normalized spacial score (nSPS) is 29.5. The van der Waals surface area contributed by atoms with Crippen LogP contribution < -0.4 is 0 Å². The molecule has 1 aromatic heterocycles. The topological polar surface area (TPSA) is 42.4 Å². The third kappa shape index (κ3) is 1.51. The molecule has 0 aliphatic carbocycles. The van der Waals surface area contributed by atoms with Crippen LogP contribution in [0.2, 0.25) is 0 Å². The summed E-state index contributed by atoms with van der Waals surface area (Å²) < 4.78 is 5.13. The van der Waals surface area contributed by atoms with E-state index in [-0.39, 0.29) is 18.1 Å². The van der Waals surface area contributed by atoms with E-state index in [1.165, 1.54) is 0 Å². The average molecular weight is 204 g/mol. The predicted octanol–water partition coefficient (Wildman–Crippen LogP) is 0.581. The SMILES string of the molecule is O=C1O[C@H]2C[C@@H]1N(Cc1cccnc1)C2. The lowest BCUT2D eigenvalue weighted by Crippen LogP contribution is -2.39. The number of fused-ring (bicyclic) bond motifs is 2. The van der Waals surface area contributed by atoms with E-state index in [2.05, 4.69) is 9.88 Å². The number of likely N-dealkylation sites (tertiary alicyclic amines) is 1.